The summed E-state index contributed by atoms with van der Waals surface area (Å²) in [5.41, 5.74) is 1.94. The maximum absolute atomic E-state index is 16.1. The molecule has 0 radical (unpaired) electrons. The number of carbonyl (C=O) groups is 10. The Morgan fingerprint density at radius 2 is 0.811 bits per heavy atom. The Kier molecular flexibility index (Phi) is 23.5. The highest BCUT2D eigenvalue weighted by molar-refractivity contribution is 5.99. The van der Waals surface area contributed by atoms with Gasteiger partial charge in [0.2, 0.25) is 47.3 Å². The number of rotatable bonds is 16. The summed E-state index contributed by atoms with van der Waals surface area (Å²) < 4.78 is 15.8. The molecule has 8 amide bonds. The molecule has 0 spiro atoms. The van der Waals surface area contributed by atoms with Gasteiger partial charge in [0.05, 0.1) is 36.6 Å². The molecular weight excluding hydrogens is 1550 g/mol. The Morgan fingerprint density at radius 1 is 0.459 bits per heavy atom. The highest BCUT2D eigenvalue weighted by Crippen LogP contribution is 2.63. The first kappa shape index (κ1) is 82.6. The van der Waals surface area contributed by atoms with Gasteiger partial charge in [-0.3, -0.25) is 38.4 Å². The third kappa shape index (κ3) is 17.6. The molecule has 12 atom stereocenters. The second kappa shape index (κ2) is 34.7. The van der Waals surface area contributed by atoms with Crippen LogP contribution in [0.15, 0.2) is 146 Å². The molecular formula is C92H108N16O14. The van der Waals surface area contributed by atoms with E-state index in [1.54, 1.807) is 98.2 Å². The topological polar surface area (TPSA) is 394 Å². The quantitative estimate of drug-likeness (QED) is 0.0485. The number of fused-ring (bicyclic) bond motifs is 2. The Morgan fingerprint density at radius 3 is 1.16 bits per heavy atom. The van der Waals surface area contributed by atoms with Gasteiger partial charge in [0.15, 0.2) is 0 Å². The largest absolute Gasteiger partial charge is 0.487 e. The molecule has 14 aliphatic rings. The van der Waals surface area contributed by atoms with Crippen molar-refractivity contribution in [3.63, 3.8) is 0 Å². The lowest BCUT2D eigenvalue weighted by atomic mass is 9.47. The lowest BCUT2D eigenvalue weighted by Crippen LogP contribution is -2.65. The fourth-order valence-electron chi connectivity index (χ4n) is 22.6. The molecule has 8 heterocycles. The second-order valence-electron chi connectivity index (χ2n) is 36.6. The van der Waals surface area contributed by atoms with Crippen LogP contribution < -0.4 is 52.0 Å². The number of hydrogen-bond acceptors (Lipinski definition) is 18. The lowest BCUT2D eigenvalue weighted by molar-refractivity contribution is -0.152. The van der Waals surface area contributed by atoms with Gasteiger partial charge < -0.3 is 72.0 Å². The van der Waals surface area contributed by atoms with Crippen LogP contribution in [0.3, 0.4) is 0 Å². The zero-order valence-electron chi connectivity index (χ0n) is 69.2. The maximum atomic E-state index is 16.1. The average molecular weight is 1660 g/mol. The minimum atomic E-state index is -1.51. The van der Waals surface area contributed by atoms with Crippen LogP contribution in [0.1, 0.15) is 149 Å². The highest BCUT2D eigenvalue weighted by atomic mass is 16.5. The van der Waals surface area contributed by atoms with Crippen molar-refractivity contribution in [1.82, 2.24) is 82.3 Å². The summed E-state index contributed by atoms with van der Waals surface area (Å²) in [6.07, 6.45) is 13.6. The van der Waals surface area contributed by atoms with Crippen LogP contribution in [0.25, 0.3) is 21.5 Å². The third-order valence-electron chi connectivity index (χ3n) is 28.2. The van der Waals surface area contributed by atoms with Crippen molar-refractivity contribution in [3.05, 3.63) is 179 Å². The molecule has 20 bridgehead atoms. The van der Waals surface area contributed by atoms with Crippen molar-refractivity contribution in [3.8, 4) is 11.5 Å². The zero-order valence-corrected chi connectivity index (χ0v) is 69.2. The Labute approximate surface area is 706 Å². The summed E-state index contributed by atoms with van der Waals surface area (Å²) in [5, 5.41) is 67.7. The molecule has 640 valence electrons. The summed E-state index contributed by atoms with van der Waals surface area (Å²) in [7, 11) is 3.35. The van der Waals surface area contributed by atoms with E-state index in [0.717, 1.165) is 98.6 Å². The van der Waals surface area contributed by atoms with Gasteiger partial charge in [0.1, 0.15) is 84.4 Å². The van der Waals surface area contributed by atoms with Gasteiger partial charge in [0, 0.05) is 62.4 Å². The number of likely N-dealkylation sites (tertiary alicyclic amines) is 2. The van der Waals surface area contributed by atoms with Crippen LogP contribution in [0.2, 0.25) is 0 Å². The van der Waals surface area contributed by atoms with Gasteiger partial charge in [-0.2, -0.15) is 0 Å². The van der Waals surface area contributed by atoms with Crippen molar-refractivity contribution in [2.45, 2.75) is 215 Å². The smallest absolute Gasteiger partial charge is 0.326 e. The minimum Gasteiger partial charge on any atom is -0.487 e. The molecule has 10 fully saturated rings. The first-order chi connectivity index (χ1) is 58.9. The molecule has 30 heteroatoms. The second-order valence-corrected chi connectivity index (χ2v) is 36.6. The number of likely N-dealkylation sites (N-methyl/N-ethyl adjacent to an activating group) is 2. The van der Waals surface area contributed by atoms with Crippen LogP contribution in [0.5, 0.6) is 11.5 Å². The summed E-state index contributed by atoms with van der Waals surface area (Å²) >= 11 is 0. The van der Waals surface area contributed by atoms with Crippen molar-refractivity contribution in [2.24, 2.45) is 46.3 Å². The summed E-state index contributed by atoms with van der Waals surface area (Å²) in [5.74, 6) is -4.16. The van der Waals surface area contributed by atoms with E-state index < -0.39 is 131 Å². The standard InChI is InChI=1S/C92H108N16O14/c1-51(93-3)81(109)99-79(91-39-57-25-58(40-91)27-59(26-57)41-91)87(115)105-47-69-37-77(105)85(113)95-73(35-55-13-19-63-9-5-7-11-65(63)31-55)83(111)97-75(89(117)118)33-53-17-23-72(24-18-53)122-50-68-46-108(104-102-68)70-38-78(106(48-70)88(116)80(100-82(110)52(2)94-4)92-42-60-28-61(43-92)30-62(29-60)44-92)86(114)96-74(36-56-14-20-64-10-6-8-12-66(64)32-56)84(112)98-76(90(119)120)34-54-15-21-71(22-16-54)121-49-67-45-107(69)103-101-67/h5-24,31-32,45-46,51-52,57-62,69-70,73-80,93-94H,25-30,33-44,47-50H2,1-4H3,(H,95,113)(H,96,114)(H,97,111)(H,98,112)(H,99,109)(H,100,110)(H,117,118)(H,119,120)/t51-,52-,57?,58?,59?,60?,61?,62?,69-,70-,73-,74-,75-,76-,77-,78-,79?,80?,91?,92?/m0/s1. The van der Waals surface area contributed by atoms with Gasteiger partial charge in [-0.05, 0) is 209 Å². The molecule has 22 rings (SSSR count). The predicted molar refractivity (Wildman–Crippen MR) is 448 cm³/mol. The van der Waals surface area contributed by atoms with Crippen LogP contribution in [0.4, 0.5) is 0 Å². The number of amides is 8. The number of ether oxygens (including phenoxy) is 2. The molecule has 30 nitrogen and oxygen atoms in total. The number of aromatic nitrogens is 6. The molecule has 2 saturated heterocycles. The van der Waals surface area contributed by atoms with Gasteiger partial charge in [-0.25, -0.2) is 19.0 Å². The number of benzene rings is 6. The van der Waals surface area contributed by atoms with Crippen LogP contribution >= 0.6 is 0 Å². The highest BCUT2D eigenvalue weighted by Gasteiger charge is 2.61. The normalized spacial score (nSPS) is 29.4. The van der Waals surface area contributed by atoms with E-state index in [9.17, 15) is 29.4 Å². The van der Waals surface area contributed by atoms with E-state index in [1.807, 2.05) is 84.9 Å². The molecule has 8 aliphatic carbocycles. The predicted octanol–water partition coefficient (Wildman–Crippen LogP) is 6.63. The van der Waals surface area contributed by atoms with Crippen molar-refractivity contribution in [1.29, 1.82) is 0 Å². The van der Waals surface area contributed by atoms with Crippen molar-refractivity contribution >= 4 is 80.7 Å². The SMILES string of the molecule is CN[C@@H](C)C(=O)NC(C(=O)N1C[C@@H]2C[C@H]1C(=O)N[C@@H](Cc1ccc3ccccc3c1)C(=O)N[C@H](C(=O)O)Cc1ccc(cc1)OCc1cn(nn1)[C@H]1C[C@@H](C(=O)N[C@@H](Cc3ccc4ccccc4c3)C(=O)N[C@H](C(=O)O)Cc3ccc(cc3)OCc3cn2nn3)N(C(=O)C(NC(=O)[C@H](C)NC)C23CC4CC(CC(C4)C2)C3)C1)C12CC3CC(CC(C3)C1)C2. The first-order valence-electron chi connectivity index (χ1n) is 43.3. The molecule has 2 aromatic heterocycles. The van der Waals surface area contributed by atoms with Gasteiger partial charge in [0.25, 0.3) is 0 Å². The van der Waals surface area contributed by atoms with Gasteiger partial charge in [-0.1, -0.05) is 120 Å². The number of nitrogens with zero attached hydrogens (tertiary/aromatic N) is 8. The van der Waals surface area contributed by atoms with E-state index >= 15 is 28.8 Å². The molecule has 2 unspecified atom stereocenters. The Bertz CT molecular complexity index is 4910. The number of carboxylic acid groups (broad SMARTS) is 2. The van der Waals surface area contributed by atoms with Crippen LogP contribution in [-0.2, 0) is 86.8 Å². The molecule has 8 saturated carbocycles. The molecule has 6 aromatic carbocycles. The molecule has 6 aliphatic heterocycles. The molecule has 8 aromatic rings. The number of hydrogen-bond donors (Lipinski definition) is 10. The van der Waals surface area contributed by atoms with E-state index in [4.69, 9.17) is 9.47 Å². The van der Waals surface area contributed by atoms with Crippen LogP contribution in [-0.4, -0.2) is 197 Å². The summed E-state index contributed by atoms with van der Waals surface area (Å²) in [6, 6.07) is 27.2. The number of carbonyl (C=O) groups excluding carboxylic acids is 8. The van der Waals surface area contributed by atoms with Crippen LogP contribution in [0, 0.1) is 46.3 Å². The monoisotopic (exact) mass is 1660 g/mol. The zero-order chi connectivity index (χ0) is 84.8. The number of aliphatic carboxylic acids is 2. The van der Waals surface area contributed by atoms with Crippen molar-refractivity contribution in [2.75, 3.05) is 27.2 Å². The number of nitrogens with one attached hydrogen (secondary N) is 8. The Hall–Kier alpha value is -11.7. The first-order valence-corrected chi connectivity index (χ1v) is 43.3. The van der Waals surface area contributed by atoms with E-state index in [1.165, 1.54) is 9.80 Å². The Balaban J connectivity index is 0.690. The van der Waals surface area contributed by atoms with E-state index in [2.05, 4.69) is 63.2 Å². The summed E-state index contributed by atoms with van der Waals surface area (Å²) in [4.78, 5) is 153. The fraction of sp³-hybridized carbons (Fsp3) is 0.500. The van der Waals surface area contributed by atoms with Crippen molar-refractivity contribution < 1.29 is 67.6 Å². The average Bonchev–Trinajstić information content (AvgIpc) is 0.771. The maximum Gasteiger partial charge on any atom is 0.326 e. The third-order valence-corrected chi connectivity index (χ3v) is 28.2. The number of carboxylic acids is 2. The van der Waals surface area contributed by atoms with E-state index in [-0.39, 0.29) is 76.6 Å². The molecule has 10 N–H and O–H groups in total. The lowest BCUT2D eigenvalue weighted by Gasteiger charge is -2.59. The van der Waals surface area contributed by atoms with Gasteiger partial charge >= 0.3 is 11.9 Å². The van der Waals surface area contributed by atoms with E-state index in [0.29, 0.717) is 80.6 Å². The molecule has 122 heavy (non-hydrogen) atoms. The van der Waals surface area contributed by atoms with Gasteiger partial charge in [-0.15, -0.1) is 10.2 Å². The summed E-state index contributed by atoms with van der Waals surface area (Å²) in [6.45, 7) is 3.16. The minimum absolute atomic E-state index is 0.000342. The fourth-order valence-corrected chi connectivity index (χ4v) is 22.6.